The van der Waals surface area contributed by atoms with E-state index < -0.39 is 15.3 Å². The molecule has 0 amide bonds. The number of para-hydroxylation sites is 1. The Bertz CT molecular complexity index is 398. The quantitative estimate of drug-likeness (QED) is 0.791. The van der Waals surface area contributed by atoms with Crippen LogP contribution < -0.4 is 4.31 Å². The molecule has 0 fully saturated rings. The van der Waals surface area contributed by atoms with E-state index in [2.05, 4.69) is 0 Å². The van der Waals surface area contributed by atoms with Crippen molar-refractivity contribution in [3.8, 4) is 0 Å². The summed E-state index contributed by atoms with van der Waals surface area (Å²) in [5.74, 6) is 0. The summed E-state index contributed by atoms with van der Waals surface area (Å²) in [6.07, 6.45) is 0. The third-order valence-electron chi connectivity index (χ3n) is 2.23. The van der Waals surface area contributed by atoms with E-state index in [0.29, 0.717) is 6.54 Å². The van der Waals surface area contributed by atoms with Crippen LogP contribution in [0.5, 0.6) is 0 Å². The average molecular weight is 227 g/mol. The van der Waals surface area contributed by atoms with Gasteiger partial charge in [0.2, 0.25) is 10.0 Å². The number of hydrogen-bond acceptors (Lipinski definition) is 2. The van der Waals surface area contributed by atoms with Crippen molar-refractivity contribution < 1.29 is 8.42 Å². The summed E-state index contributed by atoms with van der Waals surface area (Å²) in [7, 11) is -3.21. The normalized spacial score (nSPS) is 11.7. The summed E-state index contributed by atoms with van der Waals surface area (Å²) in [5.41, 5.74) is 0.730. The fourth-order valence-electron chi connectivity index (χ4n) is 1.36. The molecule has 1 aromatic rings. The lowest BCUT2D eigenvalue weighted by molar-refractivity contribution is 0.583. The first kappa shape index (κ1) is 12.0. The zero-order valence-electron chi connectivity index (χ0n) is 9.34. The first-order valence-electron chi connectivity index (χ1n) is 5.06. The topological polar surface area (TPSA) is 37.4 Å². The molecule has 4 heteroatoms. The smallest absolute Gasteiger partial charge is 0.237 e. The van der Waals surface area contributed by atoms with Crippen molar-refractivity contribution in [2.45, 2.75) is 26.0 Å². The highest BCUT2D eigenvalue weighted by Gasteiger charge is 2.24. The molecule has 0 aliphatic carbocycles. The van der Waals surface area contributed by atoms with Crippen LogP contribution in [0.1, 0.15) is 20.8 Å². The predicted molar refractivity (Wildman–Crippen MR) is 63.5 cm³/mol. The van der Waals surface area contributed by atoms with Crippen LogP contribution in [0.15, 0.2) is 30.3 Å². The Kier molecular flexibility index (Phi) is 3.74. The minimum atomic E-state index is -3.21. The molecule has 15 heavy (non-hydrogen) atoms. The molecule has 84 valence electrons. The minimum absolute atomic E-state index is 0.391. The van der Waals surface area contributed by atoms with Gasteiger partial charge in [0.15, 0.2) is 0 Å². The van der Waals surface area contributed by atoms with Gasteiger partial charge in [0, 0.05) is 6.54 Å². The summed E-state index contributed by atoms with van der Waals surface area (Å²) in [5, 5.41) is -0.391. The third-order valence-corrected chi connectivity index (χ3v) is 4.51. The number of hydrogen-bond donors (Lipinski definition) is 0. The Balaban J connectivity index is 3.11. The van der Waals surface area contributed by atoms with Gasteiger partial charge in [-0.05, 0) is 32.9 Å². The molecule has 0 aliphatic rings. The SMILES string of the molecule is CCN(c1ccccc1)S(=O)(=O)C(C)C. The zero-order valence-corrected chi connectivity index (χ0v) is 10.2. The van der Waals surface area contributed by atoms with Gasteiger partial charge in [0.1, 0.15) is 0 Å². The fraction of sp³-hybridized carbons (Fsp3) is 0.455. The summed E-state index contributed by atoms with van der Waals surface area (Å²) in [6.45, 7) is 5.69. The van der Waals surface area contributed by atoms with E-state index in [9.17, 15) is 8.42 Å². The number of rotatable bonds is 4. The lowest BCUT2D eigenvalue weighted by atomic mass is 10.3. The van der Waals surface area contributed by atoms with Crippen molar-refractivity contribution >= 4 is 15.7 Å². The Hall–Kier alpha value is -1.03. The number of benzene rings is 1. The van der Waals surface area contributed by atoms with Crippen molar-refractivity contribution in [1.29, 1.82) is 0 Å². The maximum Gasteiger partial charge on any atom is 0.237 e. The van der Waals surface area contributed by atoms with Gasteiger partial charge < -0.3 is 0 Å². The first-order chi connectivity index (χ1) is 7.00. The largest absolute Gasteiger partial charge is 0.270 e. The second-order valence-corrected chi connectivity index (χ2v) is 6.01. The molecule has 1 rings (SSSR count). The van der Waals surface area contributed by atoms with E-state index in [4.69, 9.17) is 0 Å². The number of nitrogens with zero attached hydrogens (tertiary/aromatic N) is 1. The van der Waals surface area contributed by atoms with Crippen LogP contribution in [0.25, 0.3) is 0 Å². The highest BCUT2D eigenvalue weighted by Crippen LogP contribution is 2.19. The Morgan fingerprint density at radius 1 is 1.20 bits per heavy atom. The molecule has 0 heterocycles. The second kappa shape index (κ2) is 4.66. The Labute approximate surface area is 91.8 Å². The van der Waals surface area contributed by atoms with Crippen LogP contribution in [-0.2, 0) is 10.0 Å². The maximum absolute atomic E-state index is 12.0. The van der Waals surface area contributed by atoms with Crippen LogP contribution in [-0.4, -0.2) is 20.2 Å². The molecule has 0 unspecified atom stereocenters. The van der Waals surface area contributed by atoms with E-state index in [-0.39, 0.29) is 0 Å². The van der Waals surface area contributed by atoms with Crippen molar-refractivity contribution in [1.82, 2.24) is 0 Å². The van der Waals surface area contributed by atoms with Gasteiger partial charge in [0.25, 0.3) is 0 Å². The molecule has 0 saturated heterocycles. The second-order valence-electron chi connectivity index (χ2n) is 3.59. The molecular weight excluding hydrogens is 210 g/mol. The summed E-state index contributed by atoms with van der Waals surface area (Å²) < 4.78 is 25.4. The van der Waals surface area contributed by atoms with E-state index in [1.807, 2.05) is 37.3 Å². The highest BCUT2D eigenvalue weighted by molar-refractivity contribution is 7.93. The fourth-order valence-corrected chi connectivity index (χ4v) is 2.64. The summed E-state index contributed by atoms with van der Waals surface area (Å²) >= 11 is 0. The Morgan fingerprint density at radius 2 is 1.73 bits per heavy atom. The first-order valence-corrected chi connectivity index (χ1v) is 6.57. The van der Waals surface area contributed by atoms with E-state index >= 15 is 0 Å². The molecule has 0 aromatic heterocycles. The molecule has 0 bridgehead atoms. The molecule has 0 spiro atoms. The van der Waals surface area contributed by atoms with Gasteiger partial charge in [-0.1, -0.05) is 18.2 Å². The van der Waals surface area contributed by atoms with E-state index in [0.717, 1.165) is 5.69 Å². The van der Waals surface area contributed by atoms with Crippen LogP contribution in [0.4, 0.5) is 5.69 Å². The molecule has 0 N–H and O–H groups in total. The summed E-state index contributed by atoms with van der Waals surface area (Å²) in [4.78, 5) is 0. The van der Waals surface area contributed by atoms with E-state index in [1.54, 1.807) is 13.8 Å². The van der Waals surface area contributed by atoms with Crippen molar-refractivity contribution in [2.75, 3.05) is 10.8 Å². The standard InChI is InChI=1S/C11H17NO2S/c1-4-12(15(13,14)10(2)3)11-8-6-5-7-9-11/h5-10H,4H2,1-3H3. The van der Waals surface area contributed by atoms with Gasteiger partial charge in [-0.3, -0.25) is 4.31 Å². The molecule has 0 atom stereocenters. The van der Waals surface area contributed by atoms with Crippen LogP contribution in [0.2, 0.25) is 0 Å². The van der Waals surface area contributed by atoms with Gasteiger partial charge in [-0.15, -0.1) is 0 Å². The average Bonchev–Trinajstić information content (AvgIpc) is 2.19. The predicted octanol–water partition coefficient (Wildman–Crippen LogP) is 2.25. The van der Waals surface area contributed by atoms with E-state index in [1.165, 1.54) is 4.31 Å². The van der Waals surface area contributed by atoms with Crippen molar-refractivity contribution in [3.05, 3.63) is 30.3 Å². The summed E-state index contributed by atoms with van der Waals surface area (Å²) in [6, 6.07) is 9.17. The lowest BCUT2D eigenvalue weighted by Gasteiger charge is -2.24. The van der Waals surface area contributed by atoms with Crippen LogP contribution >= 0.6 is 0 Å². The molecule has 0 radical (unpaired) electrons. The third kappa shape index (κ3) is 2.50. The number of anilines is 1. The molecule has 3 nitrogen and oxygen atoms in total. The molecule has 0 aliphatic heterocycles. The monoisotopic (exact) mass is 227 g/mol. The van der Waals surface area contributed by atoms with Gasteiger partial charge >= 0.3 is 0 Å². The van der Waals surface area contributed by atoms with Crippen LogP contribution in [0, 0.1) is 0 Å². The lowest BCUT2D eigenvalue weighted by Crippen LogP contribution is -2.36. The molecule has 1 aromatic carbocycles. The van der Waals surface area contributed by atoms with Crippen molar-refractivity contribution in [2.24, 2.45) is 0 Å². The maximum atomic E-state index is 12.0. The van der Waals surface area contributed by atoms with Crippen molar-refractivity contribution in [3.63, 3.8) is 0 Å². The Morgan fingerprint density at radius 3 is 2.13 bits per heavy atom. The zero-order chi connectivity index (χ0) is 11.5. The van der Waals surface area contributed by atoms with Gasteiger partial charge in [0.05, 0.1) is 10.9 Å². The number of sulfonamides is 1. The highest BCUT2D eigenvalue weighted by atomic mass is 32.2. The van der Waals surface area contributed by atoms with Gasteiger partial charge in [-0.2, -0.15) is 0 Å². The minimum Gasteiger partial charge on any atom is -0.270 e. The van der Waals surface area contributed by atoms with Gasteiger partial charge in [-0.25, -0.2) is 8.42 Å². The molecule has 0 saturated carbocycles. The van der Waals surface area contributed by atoms with Crippen LogP contribution in [0.3, 0.4) is 0 Å². The molecular formula is C11H17NO2S.